The van der Waals surface area contributed by atoms with E-state index in [1.165, 1.54) is 5.69 Å². The van der Waals surface area contributed by atoms with Crippen molar-refractivity contribution in [2.75, 3.05) is 49.6 Å². The largest absolute Gasteiger partial charge is 0.389 e. The highest BCUT2D eigenvalue weighted by atomic mass is 16.5. The average molecular weight is 512 g/mol. The van der Waals surface area contributed by atoms with Crippen LogP contribution in [-0.4, -0.2) is 90.7 Å². The van der Waals surface area contributed by atoms with Crippen molar-refractivity contribution in [3.8, 4) is 0 Å². The third-order valence-corrected chi connectivity index (χ3v) is 8.65. The van der Waals surface area contributed by atoms with Crippen molar-refractivity contribution in [1.29, 1.82) is 0 Å². The van der Waals surface area contributed by atoms with Gasteiger partial charge in [-0.2, -0.15) is 5.01 Å². The summed E-state index contributed by atoms with van der Waals surface area (Å²) in [5.41, 5.74) is 1.45. The number of aliphatic hydroxyl groups is 1. The van der Waals surface area contributed by atoms with Gasteiger partial charge in [0.05, 0.1) is 43.6 Å². The molecule has 6 atom stereocenters. The molecule has 37 heavy (non-hydrogen) atoms. The fourth-order valence-electron chi connectivity index (χ4n) is 6.49. The molecule has 2 bridgehead atoms. The van der Waals surface area contributed by atoms with Gasteiger partial charge in [0.2, 0.25) is 5.91 Å². The second-order valence-corrected chi connectivity index (χ2v) is 11.2. The van der Waals surface area contributed by atoms with E-state index in [1.807, 2.05) is 11.9 Å². The quantitative estimate of drug-likeness (QED) is 0.380. The van der Waals surface area contributed by atoms with Crippen LogP contribution < -0.4 is 26.2 Å². The van der Waals surface area contributed by atoms with Gasteiger partial charge in [0, 0.05) is 37.1 Å². The fourth-order valence-corrected chi connectivity index (χ4v) is 6.49. The number of rotatable bonds is 3. The number of hydrogen-bond donors (Lipinski definition) is 5. The average Bonchev–Trinajstić information content (AvgIpc) is 3.19. The van der Waals surface area contributed by atoms with Crippen LogP contribution in [-0.2, 0) is 9.53 Å². The third kappa shape index (κ3) is 5.10. The Bertz CT molecular complexity index is 981. The summed E-state index contributed by atoms with van der Waals surface area (Å²) < 4.78 is 5.47. The van der Waals surface area contributed by atoms with Gasteiger partial charge in [0.25, 0.3) is 0 Å². The summed E-state index contributed by atoms with van der Waals surface area (Å²) in [5, 5.41) is 29.8. The number of piperidine rings is 1. The van der Waals surface area contributed by atoms with Gasteiger partial charge in [-0.25, -0.2) is 0 Å². The van der Waals surface area contributed by atoms with Crippen molar-refractivity contribution < 1.29 is 14.6 Å². The van der Waals surface area contributed by atoms with Gasteiger partial charge in [-0.15, -0.1) is 0 Å². The second-order valence-electron chi connectivity index (χ2n) is 11.2. The molecule has 5 aliphatic heterocycles. The number of allylic oxidation sites excluding steroid dienone is 1. The zero-order valence-corrected chi connectivity index (χ0v) is 21.7. The minimum absolute atomic E-state index is 0.00488. The number of nitrogens with one attached hydrogen (secondary N) is 4. The maximum atomic E-state index is 13.5. The highest BCUT2D eigenvalue weighted by molar-refractivity contribution is 5.82. The summed E-state index contributed by atoms with van der Waals surface area (Å²) in [6.07, 6.45) is 8.32. The molecule has 10 heteroatoms. The molecule has 0 radical (unpaired) electrons. The summed E-state index contributed by atoms with van der Waals surface area (Å²) >= 11 is 0. The van der Waals surface area contributed by atoms with Crippen LogP contribution in [0.25, 0.3) is 0 Å². The van der Waals surface area contributed by atoms with Crippen LogP contribution in [0.2, 0.25) is 0 Å². The molecule has 5 aliphatic rings. The van der Waals surface area contributed by atoms with Gasteiger partial charge in [-0.3, -0.25) is 25.8 Å². The van der Waals surface area contributed by atoms with E-state index in [0.717, 1.165) is 57.7 Å². The topological polar surface area (TPSA) is 104 Å². The van der Waals surface area contributed by atoms with Gasteiger partial charge < -0.3 is 20.1 Å². The Morgan fingerprint density at radius 3 is 2.73 bits per heavy atom. The molecule has 0 aliphatic carbocycles. The predicted octanol–water partition coefficient (Wildman–Crippen LogP) is 0.982. The van der Waals surface area contributed by atoms with Crippen molar-refractivity contribution in [3.05, 3.63) is 36.4 Å². The number of amides is 1. The molecule has 4 fully saturated rings. The van der Waals surface area contributed by atoms with Crippen LogP contribution >= 0.6 is 0 Å². The Hall–Kier alpha value is -2.21. The Balaban J connectivity index is 1.18. The normalized spacial score (nSPS) is 37.9. The summed E-state index contributed by atoms with van der Waals surface area (Å²) in [5.74, 6) is -0.0151. The SMILES string of the molecule is C[C@@]1(O)CC/C=C\CN2C(=O)C3CNC(Nc4ccc(N5CCOCC5)cc4)NC3N2C2CCCC1N2. The van der Waals surface area contributed by atoms with Crippen molar-refractivity contribution in [3.63, 3.8) is 0 Å². The summed E-state index contributed by atoms with van der Waals surface area (Å²) in [4.78, 5) is 15.9. The van der Waals surface area contributed by atoms with Gasteiger partial charge in [-0.1, -0.05) is 12.2 Å². The van der Waals surface area contributed by atoms with Crippen LogP contribution in [0.4, 0.5) is 11.4 Å². The lowest BCUT2D eigenvalue weighted by Gasteiger charge is -2.47. The van der Waals surface area contributed by atoms with Crippen LogP contribution in [0, 0.1) is 5.92 Å². The molecule has 0 saturated carbocycles. The number of fused-ring (bicyclic) bond motifs is 6. The maximum Gasteiger partial charge on any atom is 0.244 e. The highest BCUT2D eigenvalue weighted by Crippen LogP contribution is 2.34. The minimum atomic E-state index is -0.777. The van der Waals surface area contributed by atoms with Gasteiger partial charge in [0.15, 0.2) is 0 Å². The van der Waals surface area contributed by atoms with Gasteiger partial charge in [-0.05, 0) is 63.3 Å². The number of hydrazine groups is 1. The smallest absolute Gasteiger partial charge is 0.244 e. The van der Waals surface area contributed by atoms with E-state index in [0.29, 0.717) is 19.5 Å². The fraction of sp³-hybridized carbons (Fsp3) is 0.667. The Morgan fingerprint density at radius 2 is 1.92 bits per heavy atom. The first-order valence-corrected chi connectivity index (χ1v) is 13.9. The summed E-state index contributed by atoms with van der Waals surface area (Å²) in [7, 11) is 0. The maximum absolute atomic E-state index is 13.5. The molecular weight excluding hydrogens is 470 g/mol. The molecule has 6 rings (SSSR count). The van der Waals surface area contributed by atoms with E-state index < -0.39 is 5.60 Å². The third-order valence-electron chi connectivity index (χ3n) is 8.65. The lowest BCUT2D eigenvalue weighted by molar-refractivity contribution is -0.146. The molecule has 1 aromatic carbocycles. The van der Waals surface area contributed by atoms with E-state index in [4.69, 9.17) is 4.74 Å². The van der Waals surface area contributed by atoms with Crippen molar-refractivity contribution in [2.45, 2.75) is 69.3 Å². The van der Waals surface area contributed by atoms with Gasteiger partial charge >= 0.3 is 0 Å². The molecule has 5 N–H and O–H groups in total. The van der Waals surface area contributed by atoms with Crippen LogP contribution in [0.5, 0.6) is 0 Å². The van der Waals surface area contributed by atoms with Crippen LogP contribution in [0.15, 0.2) is 36.4 Å². The molecule has 202 valence electrons. The Labute approximate surface area is 219 Å². The molecule has 1 amide bonds. The first kappa shape index (κ1) is 25.1. The Morgan fingerprint density at radius 1 is 1.11 bits per heavy atom. The number of nitrogens with zero attached hydrogens (tertiary/aromatic N) is 3. The van der Waals surface area contributed by atoms with Crippen molar-refractivity contribution >= 4 is 17.3 Å². The van der Waals surface area contributed by atoms with Crippen molar-refractivity contribution in [1.82, 2.24) is 26.0 Å². The predicted molar refractivity (Wildman–Crippen MR) is 142 cm³/mol. The standard InChI is InChI=1S/C27H41N7O3/c1-27(36)12-3-2-4-13-33-25(35)21-18-28-26(31-24(21)34(33)23-7-5-6-22(27)30-23)29-19-8-10-20(11-9-19)32-14-16-37-17-15-32/h2,4,8-11,21-24,26,28-31,36H,3,5-7,12-18H2,1H3/b4-2-/t21?,22?,23?,24?,26?,27-/m1/s1. The van der Waals surface area contributed by atoms with E-state index in [2.05, 4.69) is 67.6 Å². The first-order chi connectivity index (χ1) is 18.0. The molecule has 0 spiro atoms. The zero-order chi connectivity index (χ0) is 25.4. The zero-order valence-electron chi connectivity index (χ0n) is 21.7. The minimum Gasteiger partial charge on any atom is -0.389 e. The number of anilines is 2. The van der Waals surface area contributed by atoms with E-state index in [9.17, 15) is 9.90 Å². The molecule has 4 saturated heterocycles. The molecule has 5 heterocycles. The van der Waals surface area contributed by atoms with Gasteiger partial charge in [0.1, 0.15) is 6.29 Å². The number of hydrogen-bond acceptors (Lipinski definition) is 9. The summed E-state index contributed by atoms with van der Waals surface area (Å²) in [6, 6.07) is 8.53. The van der Waals surface area contributed by atoms with Crippen LogP contribution in [0.1, 0.15) is 39.0 Å². The number of carbonyl (C=O) groups excluding carboxylic acids is 1. The van der Waals surface area contributed by atoms with E-state index in [1.54, 1.807) is 0 Å². The first-order valence-electron chi connectivity index (χ1n) is 13.9. The molecule has 5 unspecified atom stereocenters. The van der Waals surface area contributed by atoms with Crippen LogP contribution in [0.3, 0.4) is 0 Å². The Kier molecular flexibility index (Phi) is 7.13. The summed E-state index contributed by atoms with van der Waals surface area (Å²) in [6.45, 7) is 6.49. The van der Waals surface area contributed by atoms with E-state index in [-0.39, 0.29) is 36.5 Å². The van der Waals surface area contributed by atoms with Crippen molar-refractivity contribution in [2.24, 2.45) is 5.92 Å². The number of morpholine rings is 1. The number of carbonyl (C=O) groups is 1. The van der Waals surface area contributed by atoms with E-state index >= 15 is 0 Å². The molecule has 1 aromatic rings. The molecule has 0 aromatic heterocycles. The monoisotopic (exact) mass is 511 g/mol. The lowest BCUT2D eigenvalue weighted by Crippen LogP contribution is -2.69. The second kappa shape index (κ2) is 10.5. The highest BCUT2D eigenvalue weighted by Gasteiger charge is 2.52. The molecular formula is C27H41N7O3. The number of ether oxygens (including phenoxy) is 1. The molecule has 10 nitrogen and oxygen atoms in total. The lowest BCUT2D eigenvalue weighted by atomic mass is 9.85. The number of benzene rings is 1.